The summed E-state index contributed by atoms with van der Waals surface area (Å²) < 4.78 is 5.07. The molecule has 7 aromatic carbocycles. The van der Waals surface area contributed by atoms with Crippen LogP contribution in [0.15, 0.2) is 146 Å². The second-order valence-corrected chi connectivity index (χ2v) is 15.6. The Morgan fingerprint density at radius 2 is 1.12 bits per heavy atom. The largest absolute Gasteiger partial charge is 0.309 e. The Labute approximate surface area is 293 Å². The van der Waals surface area contributed by atoms with Crippen molar-refractivity contribution in [3.05, 3.63) is 157 Å². The highest BCUT2D eigenvalue weighted by Gasteiger charge is 2.39. The summed E-state index contributed by atoms with van der Waals surface area (Å²) in [6.45, 7) is 9.77. The molecule has 2 aromatic heterocycles. The quantitative estimate of drug-likeness (QED) is 0.181. The van der Waals surface area contributed by atoms with Crippen LogP contribution >= 0.6 is 0 Å². The van der Waals surface area contributed by atoms with Gasteiger partial charge in [-0.05, 0) is 99.2 Å². The van der Waals surface area contributed by atoms with Crippen LogP contribution in [0.1, 0.15) is 51.7 Å². The van der Waals surface area contributed by atoms with Crippen molar-refractivity contribution in [2.45, 2.75) is 51.4 Å². The number of benzene rings is 7. The average Bonchev–Trinajstić information content (AvgIpc) is 3.65. The van der Waals surface area contributed by atoms with Gasteiger partial charge < -0.3 is 9.13 Å². The maximum absolute atomic E-state index is 2.58. The Morgan fingerprint density at radius 3 is 1.94 bits per heavy atom. The smallest absolute Gasteiger partial charge is 0.0581 e. The van der Waals surface area contributed by atoms with Crippen LogP contribution < -0.4 is 0 Å². The van der Waals surface area contributed by atoms with E-state index in [-0.39, 0.29) is 10.8 Å². The van der Waals surface area contributed by atoms with Crippen molar-refractivity contribution in [3.8, 4) is 22.5 Å². The molecule has 0 atom stereocenters. The molecule has 0 N–H and O–H groups in total. The summed E-state index contributed by atoms with van der Waals surface area (Å²) in [5.74, 6) is 0. The van der Waals surface area contributed by atoms with Crippen molar-refractivity contribution in [1.29, 1.82) is 0 Å². The van der Waals surface area contributed by atoms with Gasteiger partial charge in [0.25, 0.3) is 0 Å². The Hall–Kier alpha value is -5.60. The predicted octanol–water partition coefficient (Wildman–Crippen LogP) is 13.0. The molecular weight excluding hydrogens is 605 g/mol. The minimum atomic E-state index is 0.0563. The molecule has 0 saturated carbocycles. The molecule has 0 amide bonds. The molecule has 242 valence electrons. The van der Waals surface area contributed by atoms with Crippen LogP contribution in [0.5, 0.6) is 0 Å². The summed E-state index contributed by atoms with van der Waals surface area (Å²) >= 11 is 0. The molecule has 1 aliphatic rings. The van der Waals surface area contributed by atoms with Crippen molar-refractivity contribution in [1.82, 2.24) is 9.13 Å². The predicted molar refractivity (Wildman–Crippen MR) is 213 cm³/mol. The number of hydrogen-bond acceptors (Lipinski definition) is 0. The molecule has 1 aliphatic carbocycles. The molecule has 9 aromatic rings. The fourth-order valence-corrected chi connectivity index (χ4v) is 9.10. The normalized spacial score (nSPS) is 15.4. The summed E-state index contributed by atoms with van der Waals surface area (Å²) in [7, 11) is 0. The van der Waals surface area contributed by atoms with Gasteiger partial charge in [0.05, 0.1) is 22.1 Å². The van der Waals surface area contributed by atoms with Crippen molar-refractivity contribution in [3.63, 3.8) is 0 Å². The first-order valence-corrected chi connectivity index (χ1v) is 18.0. The third kappa shape index (κ3) is 4.15. The highest BCUT2D eigenvalue weighted by Crippen LogP contribution is 2.51. The molecule has 0 bridgehead atoms. The van der Waals surface area contributed by atoms with Crippen LogP contribution in [0.4, 0.5) is 0 Å². The Balaban J connectivity index is 1.40. The van der Waals surface area contributed by atoms with Gasteiger partial charge >= 0.3 is 0 Å². The Bertz CT molecular complexity index is 2790. The number of hydrogen-bond donors (Lipinski definition) is 0. The zero-order chi connectivity index (χ0) is 33.8. The highest BCUT2D eigenvalue weighted by atomic mass is 15.0. The Kier molecular flexibility index (Phi) is 6.13. The van der Waals surface area contributed by atoms with Crippen molar-refractivity contribution >= 4 is 54.4 Å². The maximum atomic E-state index is 2.58. The Morgan fingerprint density at radius 1 is 0.440 bits per heavy atom. The van der Waals surface area contributed by atoms with Gasteiger partial charge in [0.15, 0.2) is 0 Å². The summed E-state index contributed by atoms with van der Waals surface area (Å²) in [6.07, 6.45) is 2.36. The lowest BCUT2D eigenvalue weighted by molar-refractivity contribution is 0.334. The third-order valence-corrected chi connectivity index (χ3v) is 11.7. The number of para-hydroxylation sites is 1. The van der Waals surface area contributed by atoms with E-state index in [9.17, 15) is 0 Å². The van der Waals surface area contributed by atoms with Crippen molar-refractivity contribution < 1.29 is 0 Å². The highest BCUT2D eigenvalue weighted by molar-refractivity contribution is 6.25. The third-order valence-electron chi connectivity index (χ3n) is 11.7. The van der Waals surface area contributed by atoms with Gasteiger partial charge in [-0.15, -0.1) is 0 Å². The van der Waals surface area contributed by atoms with E-state index in [1.54, 1.807) is 0 Å². The molecule has 0 unspecified atom stereocenters. The molecule has 0 saturated heterocycles. The number of rotatable bonds is 3. The molecule has 2 nitrogen and oxygen atoms in total. The monoisotopic (exact) mass is 644 g/mol. The molecule has 10 rings (SSSR count). The summed E-state index contributed by atoms with van der Waals surface area (Å²) in [4.78, 5) is 0. The van der Waals surface area contributed by atoms with Gasteiger partial charge in [0.2, 0.25) is 0 Å². The molecule has 0 fully saturated rings. The van der Waals surface area contributed by atoms with Crippen LogP contribution in [0, 0.1) is 0 Å². The minimum Gasteiger partial charge on any atom is -0.309 e. The standard InChI is InChI=1S/C48H40N2/c1-47(2)26-27-48(3,4)45-40(47)24-23-37-38-29-39-43(30-42(38)50(46(37)45)34-18-9-6-10-19-34)49(41-25-22-32-16-11-12-21-36(32)44(39)41)35-20-13-17-33(28-35)31-14-7-5-8-15-31/h5-25,28-30H,26-27H2,1-4H3. The van der Waals surface area contributed by atoms with E-state index in [1.807, 2.05) is 0 Å². The summed E-state index contributed by atoms with van der Waals surface area (Å²) in [5.41, 5.74) is 13.1. The second-order valence-electron chi connectivity index (χ2n) is 15.6. The van der Waals surface area contributed by atoms with Gasteiger partial charge in [0.1, 0.15) is 0 Å². The average molecular weight is 645 g/mol. The second kappa shape index (κ2) is 10.5. The van der Waals surface area contributed by atoms with Crippen molar-refractivity contribution in [2.75, 3.05) is 0 Å². The lowest BCUT2D eigenvalue weighted by Gasteiger charge is -2.42. The van der Waals surface area contributed by atoms with E-state index in [0.717, 1.165) is 0 Å². The van der Waals surface area contributed by atoms with E-state index in [1.165, 1.54) is 101 Å². The number of aromatic nitrogens is 2. The number of nitrogens with zero attached hydrogens (tertiary/aromatic N) is 2. The molecule has 2 heteroatoms. The number of fused-ring (bicyclic) bond motifs is 10. The molecular formula is C48H40N2. The van der Waals surface area contributed by atoms with Gasteiger partial charge in [-0.25, -0.2) is 0 Å². The molecule has 2 heterocycles. The van der Waals surface area contributed by atoms with E-state index >= 15 is 0 Å². The summed E-state index contributed by atoms with van der Waals surface area (Å²) in [6, 6.07) is 54.1. The fourth-order valence-electron chi connectivity index (χ4n) is 9.10. The maximum Gasteiger partial charge on any atom is 0.0581 e. The van der Waals surface area contributed by atoms with E-state index in [4.69, 9.17) is 0 Å². The summed E-state index contributed by atoms with van der Waals surface area (Å²) in [5, 5.41) is 7.80. The van der Waals surface area contributed by atoms with Gasteiger partial charge in [-0.2, -0.15) is 0 Å². The first kappa shape index (κ1) is 29.3. The fraction of sp³-hybridized carbons (Fsp3) is 0.167. The lowest BCUT2D eigenvalue weighted by atomic mass is 9.62. The topological polar surface area (TPSA) is 9.86 Å². The van der Waals surface area contributed by atoms with Crippen molar-refractivity contribution in [2.24, 2.45) is 0 Å². The SMILES string of the molecule is CC1(C)CCC(C)(C)c2c1ccc1c3cc4c5c6ccccc6ccc5n(-c5cccc(-c6ccccc6)c5)c4cc3n(-c3ccccc3)c21. The van der Waals surface area contributed by atoms with Gasteiger partial charge in [-0.1, -0.05) is 131 Å². The van der Waals surface area contributed by atoms with Crippen LogP contribution in [0.3, 0.4) is 0 Å². The zero-order valence-corrected chi connectivity index (χ0v) is 29.2. The molecule has 0 aliphatic heterocycles. The minimum absolute atomic E-state index is 0.0563. The zero-order valence-electron chi connectivity index (χ0n) is 29.2. The lowest BCUT2D eigenvalue weighted by Crippen LogP contribution is -2.34. The van der Waals surface area contributed by atoms with E-state index in [2.05, 4.69) is 182 Å². The molecule has 50 heavy (non-hydrogen) atoms. The molecule has 0 spiro atoms. The van der Waals surface area contributed by atoms with Crippen LogP contribution in [0.25, 0.3) is 76.9 Å². The van der Waals surface area contributed by atoms with E-state index in [0.29, 0.717) is 0 Å². The van der Waals surface area contributed by atoms with Crippen LogP contribution in [-0.4, -0.2) is 9.13 Å². The molecule has 0 radical (unpaired) electrons. The first-order chi connectivity index (χ1) is 24.3. The van der Waals surface area contributed by atoms with Crippen LogP contribution in [0.2, 0.25) is 0 Å². The van der Waals surface area contributed by atoms with E-state index < -0.39 is 0 Å². The van der Waals surface area contributed by atoms with Gasteiger partial charge in [0, 0.05) is 32.9 Å². The van der Waals surface area contributed by atoms with Crippen LogP contribution in [-0.2, 0) is 10.8 Å². The van der Waals surface area contributed by atoms with Gasteiger partial charge in [-0.3, -0.25) is 0 Å². The first-order valence-electron chi connectivity index (χ1n) is 18.0.